The highest BCUT2D eigenvalue weighted by atomic mass is 79.9. The van der Waals surface area contributed by atoms with Gasteiger partial charge >= 0.3 is 0 Å². The van der Waals surface area contributed by atoms with Gasteiger partial charge in [-0.2, -0.15) is 9.50 Å². The topological polar surface area (TPSA) is 67.6 Å². The van der Waals surface area contributed by atoms with Crippen molar-refractivity contribution < 1.29 is 4.79 Å². The van der Waals surface area contributed by atoms with Crippen molar-refractivity contribution in [2.24, 2.45) is 0 Å². The predicted molar refractivity (Wildman–Crippen MR) is 120 cm³/mol. The van der Waals surface area contributed by atoms with Crippen LogP contribution < -0.4 is 15.0 Å². The van der Waals surface area contributed by atoms with E-state index in [2.05, 4.69) is 41.9 Å². The summed E-state index contributed by atoms with van der Waals surface area (Å²) < 4.78 is 3.45. The van der Waals surface area contributed by atoms with Crippen molar-refractivity contribution in [2.45, 2.75) is 6.92 Å². The van der Waals surface area contributed by atoms with E-state index in [-0.39, 0.29) is 11.5 Å². The molecule has 9 heteroatoms. The van der Waals surface area contributed by atoms with Crippen molar-refractivity contribution >= 4 is 65.3 Å². The molecule has 0 radical (unpaired) electrons. The van der Waals surface area contributed by atoms with Crippen molar-refractivity contribution in [2.75, 3.05) is 11.4 Å². The number of anilines is 1. The molecular weight excluding hydrogens is 520 g/mol. The van der Waals surface area contributed by atoms with Gasteiger partial charge in [-0.1, -0.05) is 55.3 Å². The molecule has 0 fully saturated rings. The molecule has 2 aromatic heterocycles. The number of rotatable bonds is 2. The maximum atomic E-state index is 13.1. The molecular formula is C20H12Br2N4O2S. The molecule has 0 spiro atoms. The molecule has 0 saturated carbocycles. The normalized spacial score (nSPS) is 15.4. The van der Waals surface area contributed by atoms with Gasteiger partial charge in [-0.15, -0.1) is 5.10 Å². The molecule has 1 aliphatic rings. The molecule has 1 amide bonds. The number of fused-ring (bicyclic) bond motifs is 2. The van der Waals surface area contributed by atoms with E-state index in [1.165, 1.54) is 15.9 Å². The molecule has 4 aromatic rings. The van der Waals surface area contributed by atoms with Crippen LogP contribution in [0.15, 0.2) is 56.2 Å². The number of thiazole rings is 1. The van der Waals surface area contributed by atoms with Crippen molar-refractivity contribution in [1.29, 1.82) is 0 Å². The number of amides is 1. The summed E-state index contributed by atoms with van der Waals surface area (Å²) in [5.74, 6) is 0.309. The Balaban J connectivity index is 1.74. The van der Waals surface area contributed by atoms with Gasteiger partial charge in [0.25, 0.3) is 11.5 Å². The van der Waals surface area contributed by atoms with Crippen LogP contribution in [0, 0.1) is 0 Å². The number of nitrogens with zero attached hydrogens (tertiary/aromatic N) is 4. The van der Waals surface area contributed by atoms with Gasteiger partial charge in [0, 0.05) is 26.6 Å². The Hall–Kier alpha value is -2.36. The number of hydrogen-bond acceptors (Lipinski definition) is 5. The highest BCUT2D eigenvalue weighted by Gasteiger charge is 2.33. The number of halogens is 2. The van der Waals surface area contributed by atoms with Gasteiger partial charge in [-0.25, -0.2) is 0 Å². The van der Waals surface area contributed by atoms with Gasteiger partial charge in [0.15, 0.2) is 5.82 Å². The molecule has 3 heterocycles. The van der Waals surface area contributed by atoms with Crippen molar-refractivity contribution in [1.82, 2.24) is 14.6 Å². The largest absolute Gasteiger partial charge is 0.308 e. The Morgan fingerprint density at radius 3 is 2.45 bits per heavy atom. The summed E-state index contributed by atoms with van der Waals surface area (Å²) in [6, 6.07) is 13.2. The second kappa shape index (κ2) is 6.86. The molecule has 29 heavy (non-hydrogen) atoms. The highest BCUT2D eigenvalue weighted by Crippen LogP contribution is 2.37. The first kappa shape index (κ1) is 18.7. The lowest BCUT2D eigenvalue weighted by Crippen LogP contribution is -2.32. The maximum Gasteiger partial charge on any atom is 0.291 e. The molecule has 0 bridgehead atoms. The summed E-state index contributed by atoms with van der Waals surface area (Å²) in [5, 5.41) is 4.38. The quantitative estimate of drug-likeness (QED) is 0.396. The number of benzene rings is 2. The number of carbonyl (C=O) groups is 1. The van der Waals surface area contributed by atoms with Crippen LogP contribution in [0.2, 0.25) is 0 Å². The lowest BCUT2D eigenvalue weighted by atomic mass is 10.1. The van der Waals surface area contributed by atoms with Gasteiger partial charge in [0.2, 0.25) is 4.96 Å². The summed E-state index contributed by atoms with van der Waals surface area (Å²) in [7, 11) is 0. The minimum Gasteiger partial charge on any atom is -0.308 e. The fourth-order valence-electron chi connectivity index (χ4n) is 3.44. The molecule has 2 aromatic carbocycles. The maximum absolute atomic E-state index is 13.1. The molecule has 6 nitrogen and oxygen atoms in total. The predicted octanol–water partition coefficient (Wildman–Crippen LogP) is 3.63. The molecule has 5 rings (SSSR count). The second-order valence-corrected chi connectivity index (χ2v) is 9.27. The van der Waals surface area contributed by atoms with Gasteiger partial charge in [-0.3, -0.25) is 9.59 Å². The molecule has 1 aliphatic heterocycles. The molecule has 0 atom stereocenters. The van der Waals surface area contributed by atoms with Crippen molar-refractivity contribution in [3.63, 3.8) is 0 Å². The summed E-state index contributed by atoms with van der Waals surface area (Å²) in [4.78, 5) is 32.8. The van der Waals surface area contributed by atoms with Gasteiger partial charge in [-0.05, 0) is 37.3 Å². The van der Waals surface area contributed by atoms with Crippen molar-refractivity contribution in [3.8, 4) is 11.4 Å². The van der Waals surface area contributed by atoms with Crippen LogP contribution in [0.5, 0.6) is 0 Å². The minimum absolute atomic E-state index is 0.171. The first-order valence-corrected chi connectivity index (χ1v) is 11.2. The van der Waals surface area contributed by atoms with E-state index in [4.69, 9.17) is 0 Å². The zero-order valence-corrected chi connectivity index (χ0v) is 19.0. The Morgan fingerprint density at radius 1 is 1.03 bits per heavy atom. The Morgan fingerprint density at radius 2 is 1.76 bits per heavy atom. The fourth-order valence-corrected chi connectivity index (χ4v) is 5.07. The van der Waals surface area contributed by atoms with Gasteiger partial charge in [0.05, 0.1) is 11.3 Å². The van der Waals surface area contributed by atoms with Gasteiger partial charge < -0.3 is 4.90 Å². The fraction of sp³-hybridized carbons (Fsp3) is 0.100. The first-order chi connectivity index (χ1) is 14.0. The van der Waals surface area contributed by atoms with Crippen LogP contribution in [0.1, 0.15) is 12.5 Å². The highest BCUT2D eigenvalue weighted by molar-refractivity contribution is 9.10. The molecule has 0 saturated heterocycles. The van der Waals surface area contributed by atoms with Crippen LogP contribution in [-0.4, -0.2) is 27.0 Å². The van der Waals surface area contributed by atoms with Crippen LogP contribution in [0.4, 0.5) is 5.69 Å². The zero-order valence-electron chi connectivity index (χ0n) is 15.0. The monoisotopic (exact) mass is 530 g/mol. The molecule has 144 valence electrons. The van der Waals surface area contributed by atoms with Crippen LogP contribution in [-0.2, 0) is 4.79 Å². The van der Waals surface area contributed by atoms with E-state index in [9.17, 15) is 9.59 Å². The average Bonchev–Trinajstić information content (AvgIpc) is 3.33. The van der Waals surface area contributed by atoms with E-state index < -0.39 is 0 Å². The standard InChI is InChI=1S/C20H12Br2N4O2S/c1-2-25-14-8-7-12(22)9-13(14)15(18(25)27)16-19(28)26-20(29-16)23-17(24-26)10-3-5-11(21)6-4-10/h3-9H,2H2,1H3. The lowest BCUT2D eigenvalue weighted by Gasteiger charge is -2.13. The lowest BCUT2D eigenvalue weighted by molar-refractivity contribution is -0.113. The third-order valence-electron chi connectivity index (χ3n) is 4.78. The Bertz CT molecular complexity index is 1410. The molecule has 0 N–H and O–H groups in total. The summed E-state index contributed by atoms with van der Waals surface area (Å²) in [6.07, 6.45) is 0. The molecule has 0 aliphatic carbocycles. The summed E-state index contributed by atoms with van der Waals surface area (Å²) in [5.41, 5.74) is 2.47. The average molecular weight is 532 g/mol. The number of carbonyl (C=O) groups excluding carboxylic acids is 1. The van der Waals surface area contributed by atoms with Crippen molar-refractivity contribution in [3.05, 3.63) is 71.9 Å². The van der Waals surface area contributed by atoms with Crippen LogP contribution >= 0.6 is 43.2 Å². The number of hydrogen-bond donors (Lipinski definition) is 0. The summed E-state index contributed by atoms with van der Waals surface area (Å²) >= 11 is 8.06. The van der Waals surface area contributed by atoms with E-state index in [1.54, 1.807) is 4.90 Å². The third-order valence-corrected chi connectivity index (χ3v) is 6.83. The van der Waals surface area contributed by atoms with Crippen LogP contribution in [0.3, 0.4) is 0 Å². The summed E-state index contributed by atoms with van der Waals surface area (Å²) in [6.45, 7) is 2.44. The zero-order chi connectivity index (χ0) is 20.3. The van der Waals surface area contributed by atoms with E-state index >= 15 is 0 Å². The number of aromatic nitrogens is 3. The van der Waals surface area contributed by atoms with E-state index in [1.807, 2.05) is 49.4 Å². The van der Waals surface area contributed by atoms with E-state index in [0.717, 1.165) is 25.8 Å². The third kappa shape index (κ3) is 2.87. The molecule has 0 unspecified atom stereocenters. The smallest absolute Gasteiger partial charge is 0.291 e. The first-order valence-electron chi connectivity index (χ1n) is 8.79. The van der Waals surface area contributed by atoms with Gasteiger partial charge in [0.1, 0.15) is 4.53 Å². The number of likely N-dealkylation sites (N-methyl/N-ethyl adjacent to an activating group) is 1. The van der Waals surface area contributed by atoms with Crippen LogP contribution in [0.25, 0.3) is 21.9 Å². The SMILES string of the molecule is CCN1C(=O)C(=c2sc3nc(-c4ccc(Br)cc4)nn3c2=O)c2cc(Br)ccc21. The minimum atomic E-state index is -0.326. The Kier molecular flexibility index (Phi) is 4.41. The second-order valence-electron chi connectivity index (χ2n) is 6.46. The Labute approximate surface area is 185 Å². The van der Waals surface area contributed by atoms with E-state index in [0.29, 0.717) is 27.4 Å².